The van der Waals surface area contributed by atoms with Crippen LogP contribution >= 0.6 is 0 Å². The lowest BCUT2D eigenvalue weighted by molar-refractivity contribution is 0.415. The number of hydrogen-bond donors (Lipinski definition) is 1. The number of methoxy groups -OCH3 is 1. The van der Waals surface area contributed by atoms with E-state index in [2.05, 4.69) is 59.5 Å². The van der Waals surface area contributed by atoms with Crippen molar-refractivity contribution in [2.45, 2.75) is 20.0 Å². The summed E-state index contributed by atoms with van der Waals surface area (Å²) in [5.74, 6) is 0.873. The van der Waals surface area contributed by atoms with Crippen LogP contribution in [0.25, 0.3) is 0 Å². The molecular formula is C17H23N3O. The molecule has 0 spiro atoms. The lowest BCUT2D eigenvalue weighted by atomic mass is 10.2. The molecule has 0 aliphatic heterocycles. The molecule has 4 heteroatoms. The van der Waals surface area contributed by atoms with Crippen LogP contribution in [0.4, 0.5) is 5.69 Å². The van der Waals surface area contributed by atoms with E-state index >= 15 is 0 Å². The number of anilines is 1. The first-order valence-corrected chi connectivity index (χ1v) is 7.23. The summed E-state index contributed by atoms with van der Waals surface area (Å²) in [6.07, 6.45) is 0. The molecule has 0 radical (unpaired) electrons. The molecule has 21 heavy (non-hydrogen) atoms. The van der Waals surface area contributed by atoms with Crippen molar-refractivity contribution in [3.05, 3.63) is 53.9 Å². The van der Waals surface area contributed by atoms with Gasteiger partial charge in [0.2, 0.25) is 0 Å². The van der Waals surface area contributed by atoms with Crippen molar-refractivity contribution in [2.24, 2.45) is 0 Å². The van der Waals surface area contributed by atoms with Crippen LogP contribution in [0.3, 0.4) is 0 Å². The topological polar surface area (TPSA) is 37.4 Å². The molecule has 112 valence electrons. The van der Waals surface area contributed by atoms with Gasteiger partial charge in [0.1, 0.15) is 5.75 Å². The largest absolute Gasteiger partial charge is 0.497 e. The SMILES string of the molecule is CCNCc1cccc(CN(C)c2ccc(OC)cc2)n1. The van der Waals surface area contributed by atoms with Gasteiger partial charge in [-0.05, 0) is 42.9 Å². The molecule has 2 aromatic rings. The molecule has 0 saturated heterocycles. The molecule has 1 aromatic carbocycles. The Morgan fingerprint density at radius 2 is 1.81 bits per heavy atom. The number of hydrogen-bond acceptors (Lipinski definition) is 4. The van der Waals surface area contributed by atoms with Gasteiger partial charge in [0.05, 0.1) is 25.0 Å². The monoisotopic (exact) mass is 285 g/mol. The predicted octanol–water partition coefficient (Wildman–Crippen LogP) is 2.84. The Bertz CT molecular complexity index is 554. The molecule has 0 atom stereocenters. The summed E-state index contributed by atoms with van der Waals surface area (Å²) >= 11 is 0. The van der Waals surface area contributed by atoms with Crippen LogP contribution in [0.1, 0.15) is 18.3 Å². The number of benzene rings is 1. The van der Waals surface area contributed by atoms with Gasteiger partial charge in [0, 0.05) is 19.3 Å². The third-order valence-electron chi connectivity index (χ3n) is 3.33. The molecule has 0 bridgehead atoms. The van der Waals surface area contributed by atoms with E-state index in [9.17, 15) is 0 Å². The standard InChI is InChI=1S/C17H23N3O/c1-4-18-12-14-6-5-7-15(19-14)13-20(2)16-8-10-17(21-3)11-9-16/h5-11,18H,4,12-13H2,1-3H3. The van der Waals surface area contributed by atoms with Crippen molar-refractivity contribution in [2.75, 3.05) is 25.6 Å². The number of pyridine rings is 1. The Kier molecular flexibility index (Phi) is 5.58. The zero-order valence-corrected chi connectivity index (χ0v) is 13.0. The normalized spacial score (nSPS) is 10.4. The van der Waals surface area contributed by atoms with Crippen LogP contribution < -0.4 is 15.0 Å². The maximum absolute atomic E-state index is 5.18. The average Bonchev–Trinajstić information content (AvgIpc) is 2.53. The molecule has 1 aromatic heterocycles. The second-order valence-electron chi connectivity index (χ2n) is 4.95. The third kappa shape index (κ3) is 4.46. The fraction of sp³-hybridized carbons (Fsp3) is 0.353. The van der Waals surface area contributed by atoms with Crippen LogP contribution in [-0.2, 0) is 13.1 Å². The number of rotatable bonds is 7. The minimum absolute atomic E-state index is 0.784. The Labute approximate surface area is 126 Å². The number of aromatic nitrogens is 1. The van der Waals surface area contributed by atoms with Crippen LogP contribution in [0.15, 0.2) is 42.5 Å². The van der Waals surface area contributed by atoms with Crippen molar-refractivity contribution in [1.82, 2.24) is 10.3 Å². The molecule has 4 nitrogen and oxygen atoms in total. The fourth-order valence-electron chi connectivity index (χ4n) is 2.14. The van der Waals surface area contributed by atoms with Crippen LogP contribution in [0, 0.1) is 0 Å². The van der Waals surface area contributed by atoms with Gasteiger partial charge in [-0.2, -0.15) is 0 Å². The minimum Gasteiger partial charge on any atom is -0.497 e. The van der Waals surface area contributed by atoms with Gasteiger partial charge in [-0.3, -0.25) is 4.98 Å². The highest BCUT2D eigenvalue weighted by atomic mass is 16.5. The van der Waals surface area contributed by atoms with Crippen molar-refractivity contribution >= 4 is 5.69 Å². The average molecular weight is 285 g/mol. The highest BCUT2D eigenvalue weighted by molar-refractivity contribution is 5.48. The summed E-state index contributed by atoms with van der Waals surface area (Å²) in [4.78, 5) is 6.86. The fourth-order valence-corrected chi connectivity index (χ4v) is 2.14. The number of nitrogens with one attached hydrogen (secondary N) is 1. The molecule has 1 N–H and O–H groups in total. The highest BCUT2D eigenvalue weighted by Crippen LogP contribution is 2.19. The van der Waals surface area contributed by atoms with Crippen molar-refractivity contribution in [3.8, 4) is 5.75 Å². The van der Waals surface area contributed by atoms with E-state index in [4.69, 9.17) is 4.74 Å². The van der Waals surface area contributed by atoms with Gasteiger partial charge >= 0.3 is 0 Å². The van der Waals surface area contributed by atoms with Gasteiger partial charge in [-0.15, -0.1) is 0 Å². The Balaban J connectivity index is 2.02. The lowest BCUT2D eigenvalue weighted by Gasteiger charge is -2.19. The Morgan fingerprint density at radius 3 is 2.48 bits per heavy atom. The van der Waals surface area contributed by atoms with E-state index < -0.39 is 0 Å². The molecule has 0 fully saturated rings. The van der Waals surface area contributed by atoms with Crippen LogP contribution in [0.2, 0.25) is 0 Å². The lowest BCUT2D eigenvalue weighted by Crippen LogP contribution is -2.18. The summed E-state index contributed by atoms with van der Waals surface area (Å²) in [5, 5.41) is 3.30. The summed E-state index contributed by atoms with van der Waals surface area (Å²) in [6, 6.07) is 14.2. The predicted molar refractivity (Wildman–Crippen MR) is 86.7 cm³/mol. The van der Waals surface area contributed by atoms with Gasteiger partial charge < -0.3 is 15.0 Å². The minimum atomic E-state index is 0.784. The first-order chi connectivity index (χ1) is 10.2. The van der Waals surface area contributed by atoms with Gasteiger partial charge in [0.15, 0.2) is 0 Å². The maximum atomic E-state index is 5.18. The van der Waals surface area contributed by atoms with E-state index in [1.54, 1.807) is 7.11 Å². The Morgan fingerprint density at radius 1 is 1.10 bits per heavy atom. The van der Waals surface area contributed by atoms with E-state index in [-0.39, 0.29) is 0 Å². The second-order valence-corrected chi connectivity index (χ2v) is 4.95. The summed E-state index contributed by atoms with van der Waals surface area (Å²) in [6.45, 7) is 4.65. The summed E-state index contributed by atoms with van der Waals surface area (Å²) in [7, 11) is 3.75. The summed E-state index contributed by atoms with van der Waals surface area (Å²) in [5.41, 5.74) is 3.30. The number of nitrogens with zero attached hydrogens (tertiary/aromatic N) is 2. The van der Waals surface area contributed by atoms with E-state index in [1.165, 1.54) is 0 Å². The Hall–Kier alpha value is -2.07. The third-order valence-corrected chi connectivity index (χ3v) is 3.33. The van der Waals surface area contributed by atoms with E-state index in [0.29, 0.717) is 0 Å². The summed E-state index contributed by atoms with van der Waals surface area (Å²) < 4.78 is 5.18. The molecule has 0 amide bonds. The smallest absolute Gasteiger partial charge is 0.119 e. The van der Waals surface area contributed by atoms with Crippen LogP contribution in [-0.4, -0.2) is 25.7 Å². The molecular weight excluding hydrogens is 262 g/mol. The van der Waals surface area contributed by atoms with Gasteiger partial charge in [0.25, 0.3) is 0 Å². The zero-order chi connectivity index (χ0) is 15.1. The molecule has 0 aliphatic carbocycles. The molecule has 1 heterocycles. The second kappa shape index (κ2) is 7.64. The van der Waals surface area contributed by atoms with Gasteiger partial charge in [-0.25, -0.2) is 0 Å². The first-order valence-electron chi connectivity index (χ1n) is 7.23. The number of ether oxygens (including phenoxy) is 1. The quantitative estimate of drug-likeness (QED) is 0.849. The van der Waals surface area contributed by atoms with Crippen molar-refractivity contribution in [3.63, 3.8) is 0 Å². The van der Waals surface area contributed by atoms with Crippen LogP contribution in [0.5, 0.6) is 5.75 Å². The van der Waals surface area contributed by atoms with Crippen molar-refractivity contribution in [1.29, 1.82) is 0 Å². The van der Waals surface area contributed by atoms with Gasteiger partial charge in [-0.1, -0.05) is 13.0 Å². The molecule has 2 rings (SSSR count). The maximum Gasteiger partial charge on any atom is 0.119 e. The van der Waals surface area contributed by atoms with Crippen molar-refractivity contribution < 1.29 is 4.74 Å². The van der Waals surface area contributed by atoms with E-state index in [1.807, 2.05) is 12.1 Å². The molecule has 0 saturated carbocycles. The highest BCUT2D eigenvalue weighted by Gasteiger charge is 2.04. The first kappa shape index (κ1) is 15.3. The molecule has 0 unspecified atom stereocenters. The zero-order valence-electron chi connectivity index (χ0n) is 13.0. The molecule has 0 aliphatic rings. The van der Waals surface area contributed by atoms with E-state index in [0.717, 1.165) is 42.5 Å².